The van der Waals surface area contributed by atoms with Gasteiger partial charge in [-0.25, -0.2) is 4.39 Å². The van der Waals surface area contributed by atoms with Crippen molar-refractivity contribution in [2.45, 2.75) is 20.3 Å². The van der Waals surface area contributed by atoms with Gasteiger partial charge in [-0.2, -0.15) is 0 Å². The first-order valence-corrected chi connectivity index (χ1v) is 7.29. The van der Waals surface area contributed by atoms with Crippen LogP contribution in [0.5, 0.6) is 0 Å². The van der Waals surface area contributed by atoms with E-state index < -0.39 is 0 Å². The van der Waals surface area contributed by atoms with E-state index in [1.807, 2.05) is 13.8 Å². The van der Waals surface area contributed by atoms with Gasteiger partial charge < -0.3 is 11.1 Å². The van der Waals surface area contributed by atoms with Crippen LogP contribution in [0.4, 0.5) is 9.39 Å². The van der Waals surface area contributed by atoms with Crippen molar-refractivity contribution in [3.05, 3.63) is 41.2 Å². The predicted octanol–water partition coefficient (Wildman–Crippen LogP) is 3.58. The molecule has 0 fully saturated rings. The van der Waals surface area contributed by atoms with Crippen molar-refractivity contribution in [1.82, 2.24) is 5.32 Å². The molecule has 0 aliphatic carbocycles. The minimum absolute atomic E-state index is 0.147. The zero-order chi connectivity index (χ0) is 14.7. The molecule has 0 aliphatic rings. The van der Waals surface area contributed by atoms with Gasteiger partial charge >= 0.3 is 0 Å². The number of halogens is 1. The quantitative estimate of drug-likeness (QED) is 0.905. The van der Waals surface area contributed by atoms with E-state index in [0.29, 0.717) is 17.1 Å². The molecule has 0 bridgehead atoms. The van der Waals surface area contributed by atoms with E-state index in [9.17, 15) is 9.18 Å². The molecule has 0 spiro atoms. The number of anilines is 1. The molecule has 3 N–H and O–H groups in total. The number of hydrogen-bond donors (Lipinski definition) is 2. The van der Waals surface area contributed by atoms with Crippen LogP contribution in [0, 0.1) is 12.7 Å². The van der Waals surface area contributed by atoms with Crippen molar-refractivity contribution < 1.29 is 9.18 Å². The smallest absolute Gasteiger partial charge is 0.254 e. The summed E-state index contributed by atoms with van der Waals surface area (Å²) < 4.78 is 13.0. The summed E-state index contributed by atoms with van der Waals surface area (Å²) in [7, 11) is 0. The molecule has 2 rings (SSSR count). The number of amides is 1. The number of benzene rings is 1. The number of nitrogens with two attached hydrogens (primary N) is 1. The number of nitrogen functional groups attached to an aromatic ring is 1. The Morgan fingerprint density at radius 1 is 1.35 bits per heavy atom. The highest BCUT2D eigenvalue weighted by Crippen LogP contribution is 2.38. The first kappa shape index (κ1) is 14.5. The van der Waals surface area contributed by atoms with Gasteiger partial charge in [-0.3, -0.25) is 4.79 Å². The van der Waals surface area contributed by atoms with Gasteiger partial charge in [-0.15, -0.1) is 11.3 Å². The van der Waals surface area contributed by atoms with Crippen molar-refractivity contribution in [2.24, 2.45) is 0 Å². The summed E-state index contributed by atoms with van der Waals surface area (Å²) in [5, 5.41) is 3.33. The third kappa shape index (κ3) is 2.82. The molecule has 0 aliphatic heterocycles. The van der Waals surface area contributed by atoms with Gasteiger partial charge in [-0.1, -0.05) is 19.1 Å². The Bertz CT molecular complexity index is 620. The maximum atomic E-state index is 13.0. The van der Waals surface area contributed by atoms with Gasteiger partial charge in [0.15, 0.2) is 0 Å². The number of hydrogen-bond acceptors (Lipinski definition) is 3. The van der Waals surface area contributed by atoms with E-state index >= 15 is 0 Å². The summed E-state index contributed by atoms with van der Waals surface area (Å²) in [6, 6.07) is 6.20. The van der Waals surface area contributed by atoms with Crippen LogP contribution < -0.4 is 11.1 Å². The Hall–Kier alpha value is -1.88. The Labute approximate surface area is 121 Å². The average molecular weight is 292 g/mol. The molecule has 2 aromatic rings. The monoisotopic (exact) mass is 292 g/mol. The molecule has 106 valence electrons. The van der Waals surface area contributed by atoms with Crippen LogP contribution in [0.15, 0.2) is 24.3 Å². The molecule has 5 heteroatoms. The Morgan fingerprint density at radius 2 is 2.00 bits per heavy atom. The summed E-state index contributed by atoms with van der Waals surface area (Å²) in [6.45, 7) is 4.49. The molecule has 1 heterocycles. The van der Waals surface area contributed by atoms with Crippen LogP contribution in [0.3, 0.4) is 0 Å². The molecule has 1 amide bonds. The van der Waals surface area contributed by atoms with Crippen LogP contribution >= 0.6 is 11.3 Å². The van der Waals surface area contributed by atoms with Crippen LogP contribution in [0.1, 0.15) is 29.3 Å². The number of carbonyl (C=O) groups excluding carboxylic acids is 1. The highest BCUT2D eigenvalue weighted by atomic mass is 32.1. The van der Waals surface area contributed by atoms with Gasteiger partial charge in [0.1, 0.15) is 5.82 Å². The summed E-state index contributed by atoms with van der Waals surface area (Å²) in [4.78, 5) is 13.0. The average Bonchev–Trinajstić information content (AvgIpc) is 2.72. The second-order valence-electron chi connectivity index (χ2n) is 4.56. The van der Waals surface area contributed by atoms with Gasteiger partial charge in [-0.05, 0) is 36.6 Å². The lowest BCUT2D eigenvalue weighted by atomic mass is 10.1. The Kier molecular flexibility index (Phi) is 4.39. The largest absolute Gasteiger partial charge is 0.390 e. The highest BCUT2D eigenvalue weighted by Gasteiger charge is 2.19. The summed E-state index contributed by atoms with van der Waals surface area (Å²) in [5.41, 5.74) is 8.21. The number of thiophene rings is 1. The van der Waals surface area contributed by atoms with E-state index in [-0.39, 0.29) is 11.7 Å². The highest BCUT2D eigenvalue weighted by molar-refractivity contribution is 7.19. The maximum absolute atomic E-state index is 13.0. The lowest BCUT2D eigenvalue weighted by Crippen LogP contribution is -2.24. The van der Waals surface area contributed by atoms with E-state index in [2.05, 4.69) is 5.32 Å². The molecule has 0 radical (unpaired) electrons. The fraction of sp³-hybridized carbons (Fsp3) is 0.267. The van der Waals surface area contributed by atoms with Gasteiger partial charge in [0.2, 0.25) is 0 Å². The Morgan fingerprint density at radius 3 is 2.60 bits per heavy atom. The molecule has 1 aromatic heterocycles. The zero-order valence-electron chi connectivity index (χ0n) is 11.5. The molecule has 20 heavy (non-hydrogen) atoms. The summed E-state index contributed by atoms with van der Waals surface area (Å²) in [5.74, 6) is -0.427. The van der Waals surface area contributed by atoms with Crippen molar-refractivity contribution in [3.8, 4) is 10.4 Å². The van der Waals surface area contributed by atoms with Crippen LogP contribution in [-0.4, -0.2) is 12.5 Å². The SMILES string of the molecule is CCCNC(=O)c1c(N)sc(-c2ccc(F)cc2)c1C. The molecule has 0 saturated carbocycles. The fourth-order valence-corrected chi connectivity index (χ4v) is 3.10. The number of nitrogens with one attached hydrogen (secondary N) is 1. The van der Waals surface area contributed by atoms with E-state index in [1.165, 1.54) is 23.5 Å². The molecular weight excluding hydrogens is 275 g/mol. The van der Waals surface area contributed by atoms with E-state index in [0.717, 1.165) is 22.4 Å². The second-order valence-corrected chi connectivity index (χ2v) is 5.61. The van der Waals surface area contributed by atoms with E-state index in [4.69, 9.17) is 5.73 Å². The molecule has 0 saturated heterocycles. The molecular formula is C15H17FN2OS. The Balaban J connectivity index is 2.38. The molecule has 3 nitrogen and oxygen atoms in total. The third-order valence-electron chi connectivity index (χ3n) is 3.04. The standard InChI is InChI=1S/C15H17FN2OS/c1-3-8-18-15(19)12-9(2)13(20-14(12)17)10-4-6-11(16)7-5-10/h4-7H,3,8,17H2,1-2H3,(H,18,19). The molecule has 0 unspecified atom stereocenters. The second kappa shape index (κ2) is 6.05. The van der Waals surface area contributed by atoms with Crippen LogP contribution in [0.25, 0.3) is 10.4 Å². The first-order valence-electron chi connectivity index (χ1n) is 6.47. The van der Waals surface area contributed by atoms with Crippen molar-refractivity contribution in [1.29, 1.82) is 0 Å². The van der Waals surface area contributed by atoms with Crippen molar-refractivity contribution in [2.75, 3.05) is 12.3 Å². The number of rotatable bonds is 4. The molecule has 1 aromatic carbocycles. The minimum Gasteiger partial charge on any atom is -0.390 e. The lowest BCUT2D eigenvalue weighted by Gasteiger charge is -2.05. The first-order chi connectivity index (χ1) is 9.54. The minimum atomic E-state index is -0.281. The normalized spacial score (nSPS) is 10.6. The zero-order valence-corrected chi connectivity index (χ0v) is 12.3. The summed E-state index contributed by atoms with van der Waals surface area (Å²) >= 11 is 1.36. The third-order valence-corrected chi connectivity index (χ3v) is 4.21. The number of carbonyl (C=O) groups is 1. The van der Waals surface area contributed by atoms with Crippen molar-refractivity contribution in [3.63, 3.8) is 0 Å². The van der Waals surface area contributed by atoms with Gasteiger partial charge in [0.05, 0.1) is 10.6 Å². The topological polar surface area (TPSA) is 55.1 Å². The fourth-order valence-electron chi connectivity index (χ4n) is 2.02. The molecule has 0 atom stereocenters. The lowest BCUT2D eigenvalue weighted by molar-refractivity contribution is 0.0954. The van der Waals surface area contributed by atoms with Crippen molar-refractivity contribution >= 4 is 22.2 Å². The van der Waals surface area contributed by atoms with Crippen LogP contribution in [0.2, 0.25) is 0 Å². The predicted molar refractivity (Wildman–Crippen MR) is 81.5 cm³/mol. The summed E-state index contributed by atoms with van der Waals surface area (Å²) in [6.07, 6.45) is 0.875. The maximum Gasteiger partial charge on any atom is 0.254 e. The van der Waals surface area contributed by atoms with E-state index in [1.54, 1.807) is 12.1 Å². The van der Waals surface area contributed by atoms with Gasteiger partial charge in [0.25, 0.3) is 5.91 Å². The van der Waals surface area contributed by atoms with Crippen LogP contribution in [-0.2, 0) is 0 Å². The van der Waals surface area contributed by atoms with Gasteiger partial charge in [0, 0.05) is 11.4 Å².